The molecule has 7 heteroatoms. The minimum absolute atomic E-state index is 0.0777. The maximum absolute atomic E-state index is 12.3. The second kappa shape index (κ2) is 6.60. The molecule has 0 atom stereocenters. The van der Waals surface area contributed by atoms with Gasteiger partial charge in [-0.1, -0.05) is 24.3 Å². The number of benzene rings is 2. The molecule has 0 fully saturated rings. The van der Waals surface area contributed by atoms with E-state index in [1.807, 2.05) is 24.3 Å². The Morgan fingerprint density at radius 2 is 1.48 bits per heavy atom. The predicted octanol–water partition coefficient (Wildman–Crippen LogP) is 2.28. The van der Waals surface area contributed by atoms with Crippen molar-refractivity contribution in [1.29, 1.82) is 0 Å². The number of nitrogens with zero attached hydrogens (tertiary/aromatic N) is 3. The number of imide groups is 1. The van der Waals surface area contributed by atoms with Crippen LogP contribution >= 0.6 is 0 Å². The zero-order valence-electron chi connectivity index (χ0n) is 14.5. The van der Waals surface area contributed by atoms with Gasteiger partial charge >= 0.3 is 5.97 Å². The highest BCUT2D eigenvalue weighted by Gasteiger charge is 2.36. The van der Waals surface area contributed by atoms with E-state index in [4.69, 9.17) is 4.74 Å². The fraction of sp³-hybridized carbons (Fsp3) is 0.150. The average molecular weight is 361 g/mol. The molecule has 2 amide bonds. The second-order valence-corrected chi connectivity index (χ2v) is 6.15. The molecule has 4 rings (SSSR count). The van der Waals surface area contributed by atoms with Gasteiger partial charge in [-0.25, -0.2) is 9.97 Å². The molecule has 0 aliphatic carbocycles. The van der Waals surface area contributed by atoms with Gasteiger partial charge in [-0.2, -0.15) is 0 Å². The highest BCUT2D eigenvalue weighted by atomic mass is 16.5. The van der Waals surface area contributed by atoms with Crippen molar-refractivity contribution >= 4 is 28.8 Å². The summed E-state index contributed by atoms with van der Waals surface area (Å²) in [5.74, 6) is -1.66. The predicted molar refractivity (Wildman–Crippen MR) is 95.9 cm³/mol. The van der Waals surface area contributed by atoms with E-state index in [0.29, 0.717) is 28.0 Å². The Kier molecular flexibility index (Phi) is 4.12. The molecule has 0 bridgehead atoms. The van der Waals surface area contributed by atoms with Crippen LogP contribution in [-0.2, 0) is 16.1 Å². The monoisotopic (exact) mass is 361 g/mol. The number of hydrogen-bond donors (Lipinski definition) is 0. The molecule has 0 saturated carbocycles. The summed E-state index contributed by atoms with van der Waals surface area (Å²) >= 11 is 0. The highest BCUT2D eigenvalue weighted by Crippen LogP contribution is 2.22. The molecule has 2 aromatic carbocycles. The van der Waals surface area contributed by atoms with E-state index < -0.39 is 24.3 Å². The standard InChI is InChI=1S/C20H15N3O4/c1-12-17(22-16-9-5-4-8-15(16)21-12)11-27-18(24)10-23-19(25)13-6-2-3-7-14(13)20(23)26/h2-9H,10-11H2,1H3. The van der Waals surface area contributed by atoms with E-state index in [1.54, 1.807) is 31.2 Å². The molecule has 1 aliphatic rings. The lowest BCUT2D eigenvalue weighted by Crippen LogP contribution is -2.35. The van der Waals surface area contributed by atoms with E-state index in [1.165, 1.54) is 0 Å². The summed E-state index contributed by atoms with van der Waals surface area (Å²) in [5.41, 5.74) is 3.25. The third-order valence-electron chi connectivity index (χ3n) is 4.38. The van der Waals surface area contributed by atoms with Gasteiger partial charge in [0.1, 0.15) is 13.2 Å². The molecule has 0 saturated heterocycles. The number of carbonyl (C=O) groups is 3. The molecule has 0 N–H and O–H groups in total. The quantitative estimate of drug-likeness (QED) is 0.523. The number of hydrogen-bond acceptors (Lipinski definition) is 6. The number of esters is 1. The normalized spacial score (nSPS) is 13.1. The van der Waals surface area contributed by atoms with Crippen LogP contribution in [0.1, 0.15) is 32.1 Å². The van der Waals surface area contributed by atoms with Crippen LogP contribution in [0.5, 0.6) is 0 Å². The average Bonchev–Trinajstić information content (AvgIpc) is 2.91. The summed E-state index contributed by atoms with van der Waals surface area (Å²) in [7, 11) is 0. The van der Waals surface area contributed by atoms with E-state index in [0.717, 1.165) is 10.4 Å². The summed E-state index contributed by atoms with van der Waals surface area (Å²) < 4.78 is 5.23. The lowest BCUT2D eigenvalue weighted by molar-refractivity contribution is -0.145. The first kappa shape index (κ1) is 16.8. The summed E-state index contributed by atoms with van der Waals surface area (Å²) in [6, 6.07) is 13.9. The maximum Gasteiger partial charge on any atom is 0.326 e. The lowest BCUT2D eigenvalue weighted by Gasteiger charge is -2.13. The molecule has 2 heterocycles. The number of aromatic nitrogens is 2. The smallest absolute Gasteiger partial charge is 0.326 e. The number of rotatable bonds is 4. The van der Waals surface area contributed by atoms with Gasteiger partial charge in [0.25, 0.3) is 11.8 Å². The largest absolute Gasteiger partial charge is 0.458 e. The fourth-order valence-electron chi connectivity index (χ4n) is 2.97. The first-order valence-electron chi connectivity index (χ1n) is 8.37. The number of fused-ring (bicyclic) bond motifs is 2. The van der Waals surface area contributed by atoms with Crippen LogP contribution in [-0.4, -0.2) is 39.2 Å². The van der Waals surface area contributed by atoms with Crippen molar-refractivity contribution in [3.63, 3.8) is 0 Å². The Morgan fingerprint density at radius 3 is 2.11 bits per heavy atom. The maximum atomic E-state index is 12.3. The Bertz CT molecular complexity index is 1060. The summed E-state index contributed by atoms with van der Waals surface area (Å²) in [6.45, 7) is 1.27. The zero-order valence-corrected chi connectivity index (χ0v) is 14.5. The van der Waals surface area contributed by atoms with E-state index in [9.17, 15) is 14.4 Å². The van der Waals surface area contributed by atoms with Crippen molar-refractivity contribution in [1.82, 2.24) is 14.9 Å². The van der Waals surface area contributed by atoms with Crippen LogP contribution in [0.2, 0.25) is 0 Å². The van der Waals surface area contributed by atoms with E-state index in [2.05, 4.69) is 9.97 Å². The van der Waals surface area contributed by atoms with Gasteiger partial charge in [0.05, 0.1) is 33.5 Å². The fourth-order valence-corrected chi connectivity index (χ4v) is 2.97. The minimum atomic E-state index is -0.682. The minimum Gasteiger partial charge on any atom is -0.458 e. The Morgan fingerprint density at radius 1 is 0.926 bits per heavy atom. The van der Waals surface area contributed by atoms with Crippen molar-refractivity contribution in [2.24, 2.45) is 0 Å². The van der Waals surface area contributed by atoms with Crippen LogP contribution in [0.25, 0.3) is 11.0 Å². The first-order valence-corrected chi connectivity index (χ1v) is 8.37. The molecule has 27 heavy (non-hydrogen) atoms. The number of ether oxygens (including phenoxy) is 1. The summed E-state index contributed by atoms with van der Waals surface area (Å²) in [5, 5.41) is 0. The van der Waals surface area contributed by atoms with Gasteiger partial charge < -0.3 is 4.74 Å². The molecule has 1 aliphatic heterocycles. The second-order valence-electron chi connectivity index (χ2n) is 6.15. The van der Waals surface area contributed by atoms with Gasteiger partial charge in [0.2, 0.25) is 0 Å². The Balaban J connectivity index is 1.44. The molecule has 1 aromatic heterocycles. The van der Waals surface area contributed by atoms with Gasteiger partial charge in [-0.3, -0.25) is 19.3 Å². The van der Waals surface area contributed by atoms with Crippen molar-refractivity contribution in [2.75, 3.05) is 6.54 Å². The molecular weight excluding hydrogens is 346 g/mol. The van der Waals surface area contributed by atoms with Crippen molar-refractivity contribution in [2.45, 2.75) is 13.5 Å². The van der Waals surface area contributed by atoms with Gasteiger partial charge in [0.15, 0.2) is 0 Å². The number of aryl methyl sites for hydroxylation is 1. The first-order chi connectivity index (χ1) is 13.0. The van der Waals surface area contributed by atoms with Crippen LogP contribution < -0.4 is 0 Å². The zero-order chi connectivity index (χ0) is 19.0. The van der Waals surface area contributed by atoms with E-state index >= 15 is 0 Å². The molecule has 3 aromatic rings. The molecule has 134 valence electrons. The highest BCUT2D eigenvalue weighted by molar-refractivity contribution is 6.22. The van der Waals surface area contributed by atoms with Crippen molar-refractivity contribution in [3.8, 4) is 0 Å². The van der Waals surface area contributed by atoms with Crippen LogP contribution in [0.4, 0.5) is 0 Å². The summed E-state index contributed by atoms with van der Waals surface area (Å²) in [6.07, 6.45) is 0. The third-order valence-corrected chi connectivity index (χ3v) is 4.38. The van der Waals surface area contributed by atoms with Crippen molar-refractivity contribution < 1.29 is 19.1 Å². The Labute approximate surface area is 154 Å². The van der Waals surface area contributed by atoms with Gasteiger partial charge in [-0.15, -0.1) is 0 Å². The van der Waals surface area contributed by atoms with Gasteiger partial charge in [0, 0.05) is 0 Å². The van der Waals surface area contributed by atoms with Gasteiger partial charge in [-0.05, 0) is 31.2 Å². The van der Waals surface area contributed by atoms with Crippen LogP contribution in [0.3, 0.4) is 0 Å². The molecule has 0 spiro atoms. The SMILES string of the molecule is Cc1nc2ccccc2nc1COC(=O)CN1C(=O)c2ccccc2C1=O. The third kappa shape index (κ3) is 3.03. The number of amides is 2. The number of para-hydroxylation sites is 2. The molecule has 0 radical (unpaired) electrons. The Hall–Kier alpha value is -3.61. The topological polar surface area (TPSA) is 89.5 Å². The van der Waals surface area contributed by atoms with E-state index in [-0.39, 0.29) is 6.61 Å². The van der Waals surface area contributed by atoms with Crippen LogP contribution in [0, 0.1) is 6.92 Å². The van der Waals surface area contributed by atoms with Crippen LogP contribution in [0.15, 0.2) is 48.5 Å². The lowest BCUT2D eigenvalue weighted by atomic mass is 10.1. The molecule has 0 unspecified atom stereocenters. The molecule has 7 nitrogen and oxygen atoms in total. The number of carbonyl (C=O) groups excluding carboxylic acids is 3. The summed E-state index contributed by atoms with van der Waals surface area (Å²) in [4.78, 5) is 46.5. The molecular formula is C20H15N3O4. The van der Waals surface area contributed by atoms with Crippen molar-refractivity contribution in [3.05, 3.63) is 71.0 Å².